The zero-order valence-electron chi connectivity index (χ0n) is 24.7. The van der Waals surface area contributed by atoms with Crippen LogP contribution < -0.4 is 10.1 Å². The van der Waals surface area contributed by atoms with Gasteiger partial charge in [0.15, 0.2) is 0 Å². The molecule has 2 aliphatic heterocycles. The molecule has 0 amide bonds. The maximum Gasteiger partial charge on any atom is 0.254 e. The SMILES string of the molecule is C[C@@H](Cn1cncn1)Oc1cc(-c2cnc(Nc3cn(C4CCC(N5[C@@H]6CC[C@H]5COC6)CC4)nc3O)nc2)ccc1C#N. The number of rotatable bonds is 9. The molecule has 2 bridgehead atoms. The standard InChI is InChI=1S/C31H36N10O3/c1-20(14-39-19-33-18-36-39)44-29-10-21(2-3-22(29)11-32)23-12-34-31(35-13-23)37-28-15-40(38-30(28)42)24-4-6-25(7-5-24)41-26-8-9-27(41)17-43-16-26/h2-3,10,12-13,15,18-20,24-27H,4-9,14,16-17H2,1H3,(H,38,42)(H,34,35,37)/t20-,24?,25?,26-,27+/m0/s1. The van der Waals surface area contributed by atoms with E-state index in [0.717, 1.165) is 50.0 Å². The lowest BCUT2D eigenvalue weighted by molar-refractivity contribution is -0.0458. The van der Waals surface area contributed by atoms with Gasteiger partial charge in [-0.3, -0.25) is 9.58 Å². The highest BCUT2D eigenvalue weighted by Gasteiger charge is 2.42. The van der Waals surface area contributed by atoms with E-state index in [1.54, 1.807) is 29.5 Å². The summed E-state index contributed by atoms with van der Waals surface area (Å²) < 4.78 is 15.4. The third kappa shape index (κ3) is 5.82. The number of nitrogens with one attached hydrogen (secondary N) is 1. The van der Waals surface area contributed by atoms with Crippen molar-refractivity contribution in [1.82, 2.24) is 39.4 Å². The molecule has 1 aliphatic carbocycles. The molecule has 3 fully saturated rings. The first-order valence-electron chi connectivity index (χ1n) is 15.3. The maximum atomic E-state index is 10.6. The van der Waals surface area contributed by atoms with Crippen molar-refractivity contribution in [2.24, 2.45) is 0 Å². The molecule has 3 atom stereocenters. The van der Waals surface area contributed by atoms with Crippen LogP contribution in [0.15, 0.2) is 49.4 Å². The molecule has 1 saturated carbocycles. The fourth-order valence-electron chi connectivity index (χ4n) is 6.93. The number of aromatic hydroxyl groups is 1. The van der Waals surface area contributed by atoms with Crippen molar-refractivity contribution < 1.29 is 14.6 Å². The monoisotopic (exact) mass is 596 g/mol. The number of nitriles is 1. The molecule has 0 spiro atoms. The minimum absolute atomic E-state index is 0.0695. The van der Waals surface area contributed by atoms with Gasteiger partial charge in [0.2, 0.25) is 5.95 Å². The van der Waals surface area contributed by atoms with Crippen molar-refractivity contribution >= 4 is 11.6 Å². The van der Waals surface area contributed by atoms with Gasteiger partial charge in [0.05, 0.1) is 37.6 Å². The number of hydrogen-bond acceptors (Lipinski definition) is 11. The molecule has 2 saturated heterocycles. The van der Waals surface area contributed by atoms with Crippen molar-refractivity contribution in [2.45, 2.75) is 82.3 Å². The molecule has 7 rings (SSSR count). The minimum atomic E-state index is -0.231. The Morgan fingerprint density at radius 2 is 1.77 bits per heavy atom. The predicted octanol–water partition coefficient (Wildman–Crippen LogP) is 4.07. The van der Waals surface area contributed by atoms with Crippen LogP contribution in [0.5, 0.6) is 11.6 Å². The highest BCUT2D eigenvalue weighted by molar-refractivity contribution is 5.67. The number of fused-ring (bicyclic) bond motifs is 2. The van der Waals surface area contributed by atoms with Crippen LogP contribution >= 0.6 is 0 Å². The smallest absolute Gasteiger partial charge is 0.254 e. The van der Waals surface area contributed by atoms with Crippen molar-refractivity contribution in [2.75, 3.05) is 18.5 Å². The van der Waals surface area contributed by atoms with E-state index in [0.29, 0.717) is 47.6 Å². The second-order valence-corrected chi connectivity index (χ2v) is 12.0. The van der Waals surface area contributed by atoms with E-state index in [1.807, 2.05) is 29.9 Å². The second kappa shape index (κ2) is 12.2. The Kier molecular flexibility index (Phi) is 7.84. The van der Waals surface area contributed by atoms with Gasteiger partial charge in [0.1, 0.15) is 36.3 Å². The second-order valence-electron chi connectivity index (χ2n) is 12.0. The van der Waals surface area contributed by atoms with Gasteiger partial charge in [-0.1, -0.05) is 6.07 Å². The van der Waals surface area contributed by atoms with Crippen molar-refractivity contribution in [3.8, 4) is 28.8 Å². The normalized spacial score (nSPS) is 24.1. The Morgan fingerprint density at radius 3 is 2.48 bits per heavy atom. The van der Waals surface area contributed by atoms with E-state index in [-0.39, 0.29) is 18.0 Å². The topological polar surface area (TPSA) is 152 Å². The summed E-state index contributed by atoms with van der Waals surface area (Å²) in [7, 11) is 0. The first-order chi connectivity index (χ1) is 21.5. The molecular weight excluding hydrogens is 560 g/mol. The molecule has 0 unspecified atom stereocenters. The summed E-state index contributed by atoms with van der Waals surface area (Å²) >= 11 is 0. The maximum absolute atomic E-state index is 10.6. The lowest BCUT2D eigenvalue weighted by atomic mass is 9.89. The predicted molar refractivity (Wildman–Crippen MR) is 160 cm³/mol. The molecule has 13 heteroatoms. The number of benzene rings is 1. The Hall–Kier alpha value is -4.54. The molecule has 5 heterocycles. The number of aromatic nitrogens is 7. The Labute approximate surface area is 255 Å². The summed E-state index contributed by atoms with van der Waals surface area (Å²) in [5, 5.41) is 31.8. The fraction of sp³-hybridized carbons (Fsp3) is 0.484. The summed E-state index contributed by atoms with van der Waals surface area (Å²) in [4.78, 5) is 15.6. The van der Waals surface area contributed by atoms with Crippen LogP contribution in [-0.4, -0.2) is 82.0 Å². The lowest BCUT2D eigenvalue weighted by Crippen LogP contribution is -2.52. The van der Waals surface area contributed by atoms with E-state index >= 15 is 0 Å². The van der Waals surface area contributed by atoms with Crippen molar-refractivity contribution in [3.63, 3.8) is 0 Å². The van der Waals surface area contributed by atoms with Crippen LogP contribution in [0.1, 0.15) is 57.1 Å². The summed E-state index contributed by atoms with van der Waals surface area (Å²) in [6, 6.07) is 9.60. The first-order valence-corrected chi connectivity index (χ1v) is 15.3. The Morgan fingerprint density at radius 1 is 1.05 bits per heavy atom. The third-order valence-electron chi connectivity index (χ3n) is 9.04. The fourth-order valence-corrected chi connectivity index (χ4v) is 6.93. The van der Waals surface area contributed by atoms with Crippen molar-refractivity contribution in [1.29, 1.82) is 5.26 Å². The van der Waals surface area contributed by atoms with E-state index in [9.17, 15) is 10.4 Å². The van der Waals surface area contributed by atoms with Gasteiger partial charge in [0.25, 0.3) is 5.88 Å². The molecule has 13 nitrogen and oxygen atoms in total. The van der Waals surface area contributed by atoms with Gasteiger partial charge < -0.3 is 19.9 Å². The van der Waals surface area contributed by atoms with Crippen molar-refractivity contribution in [3.05, 3.63) is 55.0 Å². The molecule has 3 aliphatic rings. The summed E-state index contributed by atoms with van der Waals surface area (Å²) in [6.07, 6.45) is 14.9. The van der Waals surface area contributed by atoms with Crippen LogP contribution in [0.2, 0.25) is 0 Å². The van der Waals surface area contributed by atoms with Gasteiger partial charge in [-0.15, -0.1) is 5.10 Å². The molecule has 2 N–H and O–H groups in total. The molecule has 3 aromatic heterocycles. The number of nitrogens with zero attached hydrogens (tertiary/aromatic N) is 9. The average Bonchev–Trinajstić information content (AvgIpc) is 3.75. The number of morpholine rings is 1. The zero-order valence-corrected chi connectivity index (χ0v) is 24.7. The molecule has 4 aromatic rings. The van der Waals surface area contributed by atoms with Crippen LogP contribution in [-0.2, 0) is 11.3 Å². The van der Waals surface area contributed by atoms with Gasteiger partial charge in [-0.05, 0) is 63.1 Å². The van der Waals surface area contributed by atoms with Gasteiger partial charge in [-0.2, -0.15) is 10.4 Å². The summed E-state index contributed by atoms with van der Waals surface area (Å²) in [5.41, 5.74) is 2.49. The Bertz CT molecular complexity index is 1590. The number of ether oxygens (including phenoxy) is 2. The lowest BCUT2D eigenvalue weighted by Gasteiger charge is -2.43. The zero-order chi connectivity index (χ0) is 30.0. The number of hydrogen-bond donors (Lipinski definition) is 2. The van der Waals surface area contributed by atoms with Crippen LogP contribution in [0.3, 0.4) is 0 Å². The van der Waals surface area contributed by atoms with Crippen LogP contribution in [0, 0.1) is 11.3 Å². The van der Waals surface area contributed by atoms with Gasteiger partial charge in [-0.25, -0.2) is 19.6 Å². The molecule has 0 radical (unpaired) electrons. The highest BCUT2D eigenvalue weighted by Crippen LogP contribution is 2.39. The van der Waals surface area contributed by atoms with Gasteiger partial charge >= 0.3 is 0 Å². The highest BCUT2D eigenvalue weighted by atomic mass is 16.5. The number of anilines is 2. The Balaban J connectivity index is 0.981. The summed E-state index contributed by atoms with van der Waals surface area (Å²) in [6.45, 7) is 4.15. The average molecular weight is 597 g/mol. The summed E-state index contributed by atoms with van der Waals surface area (Å²) in [5.74, 6) is 0.755. The van der Waals surface area contributed by atoms with E-state index in [2.05, 4.69) is 41.4 Å². The van der Waals surface area contributed by atoms with Gasteiger partial charge in [0, 0.05) is 36.1 Å². The van der Waals surface area contributed by atoms with E-state index in [4.69, 9.17) is 9.47 Å². The van der Waals surface area contributed by atoms with Crippen LogP contribution in [0.4, 0.5) is 11.6 Å². The minimum Gasteiger partial charge on any atom is -0.491 e. The molecule has 44 heavy (non-hydrogen) atoms. The largest absolute Gasteiger partial charge is 0.491 e. The quantitative estimate of drug-likeness (QED) is 0.288. The first kappa shape index (κ1) is 28.2. The molecule has 1 aromatic carbocycles. The van der Waals surface area contributed by atoms with E-state index in [1.165, 1.54) is 19.2 Å². The third-order valence-corrected chi connectivity index (χ3v) is 9.04. The molecule has 228 valence electrons. The van der Waals surface area contributed by atoms with Crippen LogP contribution in [0.25, 0.3) is 11.1 Å². The molecular formula is C31H36N10O3. The van der Waals surface area contributed by atoms with E-state index < -0.39 is 0 Å².